The van der Waals surface area contributed by atoms with Gasteiger partial charge in [-0.3, -0.25) is 4.79 Å². The maximum Gasteiger partial charge on any atom is 0.223 e. The molecular formula is C16H18N2O2. The fourth-order valence-electron chi connectivity index (χ4n) is 2.74. The monoisotopic (exact) mass is 270 g/mol. The fourth-order valence-corrected chi connectivity index (χ4v) is 2.74. The third kappa shape index (κ3) is 2.74. The number of carbonyl (C=O) groups excluding carboxylic acids is 1. The molecule has 1 aliphatic rings. The second kappa shape index (κ2) is 5.49. The van der Waals surface area contributed by atoms with Crippen LogP contribution in [0, 0.1) is 12.8 Å². The largest absolute Gasteiger partial charge is 0.359 e. The zero-order valence-corrected chi connectivity index (χ0v) is 11.6. The zero-order chi connectivity index (χ0) is 13.9. The Morgan fingerprint density at radius 3 is 2.95 bits per heavy atom. The van der Waals surface area contributed by atoms with Gasteiger partial charge in [0.1, 0.15) is 0 Å². The minimum Gasteiger partial charge on any atom is -0.359 e. The lowest BCUT2D eigenvalue weighted by Crippen LogP contribution is -2.33. The maximum absolute atomic E-state index is 12.2. The molecule has 0 saturated carbocycles. The Morgan fingerprint density at radius 1 is 1.40 bits per heavy atom. The smallest absolute Gasteiger partial charge is 0.223 e. The summed E-state index contributed by atoms with van der Waals surface area (Å²) in [5.41, 5.74) is 3.51. The van der Waals surface area contributed by atoms with Gasteiger partial charge >= 0.3 is 0 Å². The van der Waals surface area contributed by atoms with Crippen LogP contribution in [-0.4, -0.2) is 11.1 Å². The van der Waals surface area contributed by atoms with Crippen LogP contribution in [0.1, 0.15) is 29.0 Å². The van der Waals surface area contributed by atoms with Crippen LogP contribution in [-0.2, 0) is 24.2 Å². The molecule has 1 atom stereocenters. The van der Waals surface area contributed by atoms with Crippen LogP contribution in [0.4, 0.5) is 0 Å². The van der Waals surface area contributed by atoms with Gasteiger partial charge in [-0.1, -0.05) is 29.4 Å². The third-order valence-electron chi connectivity index (χ3n) is 3.83. The van der Waals surface area contributed by atoms with Crippen LogP contribution in [0.25, 0.3) is 0 Å². The van der Waals surface area contributed by atoms with E-state index in [1.807, 2.05) is 19.1 Å². The quantitative estimate of drug-likeness (QED) is 0.931. The third-order valence-corrected chi connectivity index (χ3v) is 3.83. The molecule has 0 bridgehead atoms. The first kappa shape index (κ1) is 12.9. The Kier molecular flexibility index (Phi) is 3.54. The van der Waals surface area contributed by atoms with Gasteiger partial charge in [0, 0.05) is 12.0 Å². The number of hydrogen-bond donors (Lipinski definition) is 1. The lowest BCUT2D eigenvalue weighted by molar-refractivity contribution is -0.125. The van der Waals surface area contributed by atoms with Crippen LogP contribution in [0.2, 0.25) is 0 Å². The summed E-state index contributed by atoms with van der Waals surface area (Å²) in [7, 11) is 0. The Labute approximate surface area is 118 Å². The molecule has 1 N–H and O–H groups in total. The average molecular weight is 270 g/mol. The molecule has 0 radical (unpaired) electrons. The molecule has 1 aliphatic carbocycles. The van der Waals surface area contributed by atoms with Crippen molar-refractivity contribution in [3.8, 4) is 0 Å². The van der Waals surface area contributed by atoms with Crippen LogP contribution >= 0.6 is 0 Å². The SMILES string of the molecule is Cc1cc(CNC(=O)C2CCc3ccccc3C2)on1. The van der Waals surface area contributed by atoms with Crippen molar-refractivity contribution < 1.29 is 9.32 Å². The summed E-state index contributed by atoms with van der Waals surface area (Å²) in [4.78, 5) is 12.2. The molecule has 1 aromatic carbocycles. The molecule has 0 fully saturated rings. The van der Waals surface area contributed by atoms with Crippen LogP contribution in [0.5, 0.6) is 0 Å². The summed E-state index contributed by atoms with van der Waals surface area (Å²) in [6, 6.07) is 10.2. The molecule has 1 amide bonds. The van der Waals surface area contributed by atoms with Crippen LogP contribution < -0.4 is 5.32 Å². The number of nitrogens with zero attached hydrogens (tertiary/aromatic N) is 1. The number of hydrogen-bond acceptors (Lipinski definition) is 3. The van der Waals surface area contributed by atoms with Gasteiger partial charge in [-0.2, -0.15) is 0 Å². The Bertz CT molecular complexity index is 618. The predicted molar refractivity (Wildman–Crippen MR) is 75.0 cm³/mol. The van der Waals surface area contributed by atoms with Crippen LogP contribution in [0.3, 0.4) is 0 Å². The number of amides is 1. The van der Waals surface area contributed by atoms with Gasteiger partial charge < -0.3 is 9.84 Å². The Balaban J connectivity index is 1.59. The Morgan fingerprint density at radius 2 is 2.20 bits per heavy atom. The van der Waals surface area contributed by atoms with E-state index in [9.17, 15) is 4.79 Å². The zero-order valence-electron chi connectivity index (χ0n) is 11.6. The number of carbonyl (C=O) groups is 1. The summed E-state index contributed by atoms with van der Waals surface area (Å²) in [5.74, 6) is 0.870. The second-order valence-corrected chi connectivity index (χ2v) is 5.36. The molecule has 4 heteroatoms. The highest BCUT2D eigenvalue weighted by atomic mass is 16.5. The van der Waals surface area contributed by atoms with Gasteiger partial charge in [0.2, 0.25) is 5.91 Å². The first-order valence-corrected chi connectivity index (χ1v) is 6.99. The van der Waals surface area contributed by atoms with Crippen molar-refractivity contribution in [2.45, 2.75) is 32.7 Å². The molecule has 3 rings (SSSR count). The van der Waals surface area contributed by atoms with E-state index in [0.717, 1.165) is 25.0 Å². The van der Waals surface area contributed by atoms with Gasteiger partial charge in [-0.15, -0.1) is 0 Å². The molecule has 0 saturated heterocycles. The van der Waals surface area contributed by atoms with E-state index in [0.29, 0.717) is 12.3 Å². The van der Waals surface area contributed by atoms with Gasteiger partial charge in [-0.25, -0.2) is 0 Å². The first-order valence-electron chi connectivity index (χ1n) is 6.99. The van der Waals surface area contributed by atoms with Crippen molar-refractivity contribution in [2.75, 3.05) is 0 Å². The van der Waals surface area contributed by atoms with E-state index >= 15 is 0 Å². The van der Waals surface area contributed by atoms with E-state index in [1.54, 1.807) is 0 Å². The number of aromatic nitrogens is 1. The van der Waals surface area contributed by atoms with Crippen molar-refractivity contribution in [1.82, 2.24) is 10.5 Å². The molecule has 1 heterocycles. The Hall–Kier alpha value is -2.10. The van der Waals surface area contributed by atoms with Gasteiger partial charge in [-0.05, 0) is 37.3 Å². The van der Waals surface area contributed by atoms with Gasteiger partial charge in [0.15, 0.2) is 5.76 Å². The first-order chi connectivity index (χ1) is 9.72. The number of rotatable bonds is 3. The summed E-state index contributed by atoms with van der Waals surface area (Å²) in [6.45, 7) is 2.28. The van der Waals surface area contributed by atoms with E-state index in [-0.39, 0.29) is 11.8 Å². The summed E-state index contributed by atoms with van der Waals surface area (Å²) < 4.78 is 5.09. The highest BCUT2D eigenvalue weighted by Crippen LogP contribution is 2.25. The number of nitrogens with one attached hydrogen (secondary N) is 1. The van der Waals surface area contributed by atoms with Gasteiger partial charge in [0.25, 0.3) is 0 Å². The second-order valence-electron chi connectivity index (χ2n) is 5.36. The number of fused-ring (bicyclic) bond motifs is 1. The molecule has 1 unspecified atom stereocenters. The minimum absolute atomic E-state index is 0.0638. The van der Waals surface area contributed by atoms with Gasteiger partial charge in [0.05, 0.1) is 12.2 Å². The molecule has 0 spiro atoms. The van der Waals surface area contributed by atoms with E-state index in [4.69, 9.17) is 4.52 Å². The van der Waals surface area contributed by atoms with Crippen molar-refractivity contribution in [3.63, 3.8) is 0 Å². The maximum atomic E-state index is 12.2. The summed E-state index contributed by atoms with van der Waals surface area (Å²) in [6.07, 6.45) is 2.73. The summed E-state index contributed by atoms with van der Waals surface area (Å²) >= 11 is 0. The molecular weight excluding hydrogens is 252 g/mol. The van der Waals surface area contributed by atoms with E-state index < -0.39 is 0 Å². The van der Waals surface area contributed by atoms with Crippen molar-refractivity contribution in [1.29, 1.82) is 0 Å². The lowest BCUT2D eigenvalue weighted by Gasteiger charge is -2.23. The topological polar surface area (TPSA) is 55.1 Å². The predicted octanol–water partition coefficient (Wildman–Crippen LogP) is 2.40. The average Bonchev–Trinajstić information content (AvgIpc) is 2.90. The van der Waals surface area contributed by atoms with Crippen molar-refractivity contribution in [3.05, 3.63) is 52.9 Å². The fraction of sp³-hybridized carbons (Fsp3) is 0.375. The number of aryl methyl sites for hydroxylation is 2. The molecule has 1 aromatic heterocycles. The molecule has 4 nitrogen and oxygen atoms in total. The molecule has 2 aromatic rings. The molecule has 0 aliphatic heterocycles. The van der Waals surface area contributed by atoms with Crippen LogP contribution in [0.15, 0.2) is 34.9 Å². The highest BCUT2D eigenvalue weighted by Gasteiger charge is 2.24. The van der Waals surface area contributed by atoms with E-state index in [1.165, 1.54) is 11.1 Å². The minimum atomic E-state index is 0.0638. The summed E-state index contributed by atoms with van der Waals surface area (Å²) in [5, 5.41) is 6.75. The highest BCUT2D eigenvalue weighted by molar-refractivity contribution is 5.79. The van der Waals surface area contributed by atoms with Crippen molar-refractivity contribution in [2.24, 2.45) is 5.92 Å². The standard InChI is InChI=1S/C16H18N2O2/c1-11-8-15(20-18-11)10-17-16(19)14-7-6-12-4-2-3-5-13(12)9-14/h2-5,8,14H,6-7,9-10H2,1H3,(H,17,19). The number of benzene rings is 1. The van der Waals surface area contributed by atoms with Crippen molar-refractivity contribution >= 4 is 5.91 Å². The normalized spacial score (nSPS) is 17.6. The lowest BCUT2D eigenvalue weighted by atomic mass is 9.83. The molecule has 104 valence electrons. The van der Waals surface area contributed by atoms with E-state index in [2.05, 4.69) is 28.7 Å². The molecule has 20 heavy (non-hydrogen) atoms.